The summed E-state index contributed by atoms with van der Waals surface area (Å²) in [6, 6.07) is 14.2. The average Bonchev–Trinajstić information content (AvgIpc) is 3.27. The van der Waals surface area contributed by atoms with Gasteiger partial charge in [0.25, 0.3) is 0 Å². The molecular weight excluding hydrogens is 474 g/mol. The topological polar surface area (TPSA) is 67.3 Å². The summed E-state index contributed by atoms with van der Waals surface area (Å²) in [5.41, 5.74) is 2.14. The maximum Gasteiger partial charge on any atom is 0.125 e. The van der Waals surface area contributed by atoms with E-state index in [9.17, 15) is 5.11 Å². The van der Waals surface area contributed by atoms with E-state index in [4.69, 9.17) is 14.2 Å². The molecule has 1 fully saturated rings. The van der Waals surface area contributed by atoms with Crippen molar-refractivity contribution in [2.75, 3.05) is 59.1 Å². The van der Waals surface area contributed by atoms with E-state index in [0.717, 1.165) is 91.9 Å². The maximum absolute atomic E-state index is 10.5. The molecule has 1 unspecified atom stereocenters. The zero-order chi connectivity index (χ0) is 24.7. The highest BCUT2D eigenvalue weighted by Crippen LogP contribution is 2.34. The van der Waals surface area contributed by atoms with Gasteiger partial charge in [0.1, 0.15) is 24.2 Å². The Hall–Kier alpha value is -2.23. The number of hydrogen-bond acceptors (Lipinski definition) is 8. The van der Waals surface area contributed by atoms with Crippen LogP contribution in [0.5, 0.6) is 11.5 Å². The standard InChI is InChI=1S/C28H37N3O4S/c1-21-29-25-18-23(8-9-28(25)36-21)35-20-22(32)19-31-14-12-30(13-15-31)11-4-5-16-33-27-10-17-34-26-7-3-2-6-24(26)27/h2-3,6-9,18,22,27,32H,4-5,10-17,19-20H2,1H3/t22-,27?/m1/s1. The van der Waals surface area contributed by atoms with Gasteiger partial charge in [0.05, 0.1) is 27.9 Å². The van der Waals surface area contributed by atoms with Crippen LogP contribution in [-0.4, -0.2) is 85.1 Å². The molecule has 0 bridgehead atoms. The number of rotatable bonds is 11. The maximum atomic E-state index is 10.5. The number of aromatic nitrogens is 1. The number of aliphatic hydroxyl groups is 1. The number of benzene rings is 2. The predicted octanol–water partition coefficient (Wildman–Crippen LogP) is 4.28. The van der Waals surface area contributed by atoms with E-state index >= 15 is 0 Å². The fraction of sp³-hybridized carbons (Fsp3) is 0.536. The number of fused-ring (bicyclic) bond motifs is 2. The number of ether oxygens (including phenoxy) is 3. The fourth-order valence-electron chi connectivity index (χ4n) is 5.00. The smallest absolute Gasteiger partial charge is 0.125 e. The lowest BCUT2D eigenvalue weighted by Gasteiger charge is -2.35. The van der Waals surface area contributed by atoms with Gasteiger partial charge >= 0.3 is 0 Å². The molecule has 1 saturated heterocycles. The Kier molecular flexibility index (Phi) is 8.71. The fourth-order valence-corrected chi connectivity index (χ4v) is 5.80. The first-order valence-corrected chi connectivity index (χ1v) is 13.9. The second kappa shape index (κ2) is 12.3. The zero-order valence-corrected chi connectivity index (χ0v) is 21.9. The predicted molar refractivity (Wildman–Crippen MR) is 143 cm³/mol. The second-order valence-electron chi connectivity index (χ2n) is 9.71. The normalized spacial score (nSPS) is 19.7. The van der Waals surface area contributed by atoms with E-state index in [1.807, 2.05) is 37.3 Å². The Labute approximate surface area is 217 Å². The number of aryl methyl sites for hydroxylation is 1. The minimum absolute atomic E-state index is 0.160. The molecule has 1 N–H and O–H groups in total. The molecule has 2 aromatic carbocycles. The van der Waals surface area contributed by atoms with Crippen LogP contribution in [0.15, 0.2) is 42.5 Å². The van der Waals surface area contributed by atoms with Crippen molar-refractivity contribution < 1.29 is 19.3 Å². The summed E-state index contributed by atoms with van der Waals surface area (Å²) in [7, 11) is 0. The van der Waals surface area contributed by atoms with E-state index < -0.39 is 6.10 Å². The molecule has 0 saturated carbocycles. The highest BCUT2D eigenvalue weighted by molar-refractivity contribution is 7.18. The highest BCUT2D eigenvalue weighted by Gasteiger charge is 2.22. The van der Waals surface area contributed by atoms with Crippen molar-refractivity contribution in [1.82, 2.24) is 14.8 Å². The number of hydrogen-bond donors (Lipinski definition) is 1. The number of thiazole rings is 1. The molecule has 5 rings (SSSR count). The Morgan fingerprint density at radius 3 is 2.83 bits per heavy atom. The Balaban J connectivity index is 0.942. The lowest BCUT2D eigenvalue weighted by atomic mass is 10.0. The average molecular weight is 512 g/mol. The quantitative estimate of drug-likeness (QED) is 0.386. The third-order valence-electron chi connectivity index (χ3n) is 6.93. The molecule has 2 aliphatic heterocycles. The molecule has 36 heavy (non-hydrogen) atoms. The van der Waals surface area contributed by atoms with E-state index in [2.05, 4.69) is 26.9 Å². The van der Waals surface area contributed by atoms with Crippen molar-refractivity contribution in [3.63, 3.8) is 0 Å². The van der Waals surface area contributed by atoms with Gasteiger partial charge in [-0.1, -0.05) is 18.2 Å². The van der Waals surface area contributed by atoms with Crippen LogP contribution >= 0.6 is 11.3 Å². The van der Waals surface area contributed by atoms with Crippen molar-refractivity contribution in [3.05, 3.63) is 53.0 Å². The first-order chi connectivity index (χ1) is 17.6. The summed E-state index contributed by atoms with van der Waals surface area (Å²) in [6.07, 6.45) is 2.80. The van der Waals surface area contributed by atoms with Crippen molar-refractivity contribution in [3.8, 4) is 11.5 Å². The van der Waals surface area contributed by atoms with Crippen LogP contribution in [0.1, 0.15) is 35.9 Å². The van der Waals surface area contributed by atoms with Crippen LogP contribution in [0, 0.1) is 6.92 Å². The molecule has 1 aromatic heterocycles. The molecule has 0 amide bonds. The van der Waals surface area contributed by atoms with Gasteiger partial charge in [0, 0.05) is 57.4 Å². The van der Waals surface area contributed by atoms with Crippen LogP contribution < -0.4 is 9.47 Å². The van der Waals surface area contributed by atoms with Crippen LogP contribution in [0.25, 0.3) is 10.2 Å². The molecule has 0 radical (unpaired) electrons. The van der Waals surface area contributed by atoms with Crippen LogP contribution in [-0.2, 0) is 4.74 Å². The van der Waals surface area contributed by atoms with Gasteiger partial charge in [-0.2, -0.15) is 0 Å². The molecule has 0 aliphatic carbocycles. The molecule has 2 aliphatic rings. The molecular formula is C28H37N3O4S. The molecule has 0 spiro atoms. The van der Waals surface area contributed by atoms with E-state index in [0.29, 0.717) is 13.2 Å². The molecule has 7 nitrogen and oxygen atoms in total. The Morgan fingerprint density at radius 2 is 1.94 bits per heavy atom. The lowest BCUT2D eigenvalue weighted by molar-refractivity contribution is 0.0196. The summed E-state index contributed by atoms with van der Waals surface area (Å²) in [5, 5.41) is 11.6. The molecule has 3 aromatic rings. The van der Waals surface area contributed by atoms with E-state index in [-0.39, 0.29) is 6.10 Å². The van der Waals surface area contributed by atoms with Crippen molar-refractivity contribution in [1.29, 1.82) is 0 Å². The monoisotopic (exact) mass is 511 g/mol. The van der Waals surface area contributed by atoms with Crippen LogP contribution in [0.4, 0.5) is 0 Å². The van der Waals surface area contributed by atoms with Gasteiger partial charge in [-0.3, -0.25) is 4.90 Å². The minimum atomic E-state index is -0.503. The number of β-amino-alcohol motifs (C(OH)–C–C–N with tert-alkyl or cyclic N) is 1. The van der Waals surface area contributed by atoms with Crippen LogP contribution in [0.2, 0.25) is 0 Å². The number of nitrogens with zero attached hydrogens (tertiary/aromatic N) is 3. The number of aliphatic hydroxyl groups excluding tert-OH is 1. The van der Waals surface area contributed by atoms with Gasteiger partial charge < -0.3 is 24.2 Å². The van der Waals surface area contributed by atoms with E-state index in [1.165, 1.54) is 5.56 Å². The number of para-hydroxylation sites is 1. The molecule has 3 heterocycles. The summed E-state index contributed by atoms with van der Waals surface area (Å²) in [6.45, 7) is 9.63. The zero-order valence-electron chi connectivity index (χ0n) is 21.1. The second-order valence-corrected chi connectivity index (χ2v) is 10.9. The van der Waals surface area contributed by atoms with Crippen LogP contribution in [0.3, 0.4) is 0 Å². The van der Waals surface area contributed by atoms with E-state index in [1.54, 1.807) is 11.3 Å². The summed E-state index contributed by atoms with van der Waals surface area (Å²) < 4.78 is 18.9. The van der Waals surface area contributed by atoms with Gasteiger partial charge in [0.15, 0.2) is 0 Å². The molecule has 2 atom stereocenters. The largest absolute Gasteiger partial charge is 0.493 e. The number of piperazine rings is 1. The molecule has 8 heteroatoms. The first-order valence-electron chi connectivity index (χ1n) is 13.1. The minimum Gasteiger partial charge on any atom is -0.493 e. The van der Waals surface area contributed by atoms with Crippen molar-refractivity contribution in [2.45, 2.75) is 38.4 Å². The Morgan fingerprint density at radius 1 is 1.11 bits per heavy atom. The van der Waals surface area contributed by atoms with Gasteiger partial charge in [-0.15, -0.1) is 11.3 Å². The third kappa shape index (κ3) is 6.75. The summed E-state index contributed by atoms with van der Waals surface area (Å²) in [5.74, 6) is 1.73. The van der Waals surface area contributed by atoms with Crippen molar-refractivity contribution in [2.24, 2.45) is 0 Å². The highest BCUT2D eigenvalue weighted by atomic mass is 32.1. The SMILES string of the molecule is Cc1nc2cc(OC[C@H](O)CN3CCN(CCCCOC4CCOc5ccccc54)CC3)ccc2s1. The summed E-state index contributed by atoms with van der Waals surface area (Å²) >= 11 is 1.68. The van der Waals surface area contributed by atoms with Gasteiger partial charge in [-0.05, 0) is 44.5 Å². The molecule has 194 valence electrons. The van der Waals surface area contributed by atoms with Crippen molar-refractivity contribution >= 4 is 21.6 Å². The number of unbranched alkanes of at least 4 members (excludes halogenated alkanes) is 1. The van der Waals surface area contributed by atoms with Gasteiger partial charge in [0.2, 0.25) is 0 Å². The lowest BCUT2D eigenvalue weighted by Crippen LogP contribution is -2.49. The first kappa shape index (κ1) is 25.4. The van der Waals surface area contributed by atoms with Gasteiger partial charge in [-0.25, -0.2) is 4.98 Å². The Bertz CT molecular complexity index is 1120. The third-order valence-corrected chi connectivity index (χ3v) is 7.89. The summed E-state index contributed by atoms with van der Waals surface area (Å²) in [4.78, 5) is 9.37.